The van der Waals surface area contributed by atoms with Crippen LogP contribution in [0, 0.1) is 0 Å². The summed E-state index contributed by atoms with van der Waals surface area (Å²) in [4.78, 5) is 16.4. The fraction of sp³-hybridized carbons (Fsp3) is 0.273. The Morgan fingerprint density at radius 1 is 1.12 bits per heavy atom. The lowest BCUT2D eigenvalue weighted by atomic mass is 9.99. The predicted octanol–water partition coefficient (Wildman–Crippen LogP) is 5.43. The lowest BCUT2D eigenvalue weighted by Gasteiger charge is -2.10. The Labute approximate surface area is 154 Å². The SMILES string of the molecule is CC[C@@H](C)c1ccc(NC(=O)CCc2ncc(-c3ccccc3)o2)cc1. The standard InChI is InChI=1S/C22H24N2O2/c1-3-16(2)17-9-11-19(12-10-17)24-21(25)13-14-22-23-15-20(26-22)18-7-5-4-6-8-18/h4-12,15-16H,3,13-14H2,1-2H3,(H,24,25)/t16-/m1/s1. The van der Waals surface area contributed by atoms with Crippen molar-refractivity contribution in [2.75, 3.05) is 5.32 Å². The van der Waals surface area contributed by atoms with Gasteiger partial charge in [0.25, 0.3) is 0 Å². The van der Waals surface area contributed by atoms with E-state index in [1.165, 1.54) is 5.56 Å². The number of amides is 1. The number of hydrogen-bond donors (Lipinski definition) is 1. The van der Waals surface area contributed by atoms with Crippen molar-refractivity contribution in [3.8, 4) is 11.3 Å². The van der Waals surface area contributed by atoms with Crippen molar-refractivity contribution in [1.82, 2.24) is 4.98 Å². The third-order valence-corrected chi connectivity index (χ3v) is 4.55. The van der Waals surface area contributed by atoms with Crippen molar-refractivity contribution < 1.29 is 9.21 Å². The number of carbonyl (C=O) groups is 1. The topological polar surface area (TPSA) is 55.1 Å². The Morgan fingerprint density at radius 2 is 1.85 bits per heavy atom. The molecular weight excluding hydrogens is 324 g/mol. The van der Waals surface area contributed by atoms with Crippen LogP contribution in [0.15, 0.2) is 65.2 Å². The minimum Gasteiger partial charge on any atom is -0.441 e. The first-order chi connectivity index (χ1) is 12.7. The van der Waals surface area contributed by atoms with Gasteiger partial charge in [0.1, 0.15) is 0 Å². The van der Waals surface area contributed by atoms with Crippen molar-refractivity contribution in [2.45, 2.75) is 39.0 Å². The molecular formula is C22H24N2O2. The largest absolute Gasteiger partial charge is 0.441 e. The molecule has 0 aliphatic heterocycles. The second-order valence-corrected chi connectivity index (χ2v) is 6.46. The molecule has 0 fully saturated rings. The number of hydrogen-bond acceptors (Lipinski definition) is 3. The lowest BCUT2D eigenvalue weighted by Crippen LogP contribution is -2.12. The summed E-state index contributed by atoms with van der Waals surface area (Å²) in [6.45, 7) is 4.37. The summed E-state index contributed by atoms with van der Waals surface area (Å²) in [5.41, 5.74) is 3.09. The highest BCUT2D eigenvalue weighted by Gasteiger charge is 2.09. The number of oxazole rings is 1. The molecule has 4 nitrogen and oxygen atoms in total. The fourth-order valence-electron chi connectivity index (χ4n) is 2.74. The van der Waals surface area contributed by atoms with Gasteiger partial charge in [-0.3, -0.25) is 4.79 Å². The fourth-order valence-corrected chi connectivity index (χ4v) is 2.74. The van der Waals surface area contributed by atoms with Gasteiger partial charge in [0.2, 0.25) is 5.91 Å². The molecule has 4 heteroatoms. The normalized spacial score (nSPS) is 11.9. The van der Waals surface area contributed by atoms with Crippen molar-refractivity contribution in [2.24, 2.45) is 0 Å². The van der Waals surface area contributed by atoms with Crippen LogP contribution >= 0.6 is 0 Å². The molecule has 0 saturated carbocycles. The van der Waals surface area contributed by atoms with E-state index in [9.17, 15) is 4.79 Å². The van der Waals surface area contributed by atoms with Gasteiger partial charge in [-0.25, -0.2) is 4.98 Å². The molecule has 3 rings (SSSR count). The van der Waals surface area contributed by atoms with Gasteiger partial charge in [-0.2, -0.15) is 0 Å². The molecule has 2 aromatic carbocycles. The van der Waals surface area contributed by atoms with E-state index >= 15 is 0 Å². The van der Waals surface area contributed by atoms with Crippen LogP contribution in [0.4, 0.5) is 5.69 Å². The highest BCUT2D eigenvalue weighted by atomic mass is 16.4. The van der Waals surface area contributed by atoms with Gasteiger partial charge in [-0.05, 0) is 30.0 Å². The molecule has 1 heterocycles. The molecule has 3 aromatic rings. The highest BCUT2D eigenvalue weighted by molar-refractivity contribution is 5.90. The van der Waals surface area contributed by atoms with Crippen LogP contribution in [-0.4, -0.2) is 10.9 Å². The second kappa shape index (κ2) is 8.48. The van der Waals surface area contributed by atoms with E-state index in [1.54, 1.807) is 6.20 Å². The average Bonchev–Trinajstić information content (AvgIpc) is 3.16. The minimum absolute atomic E-state index is 0.0410. The van der Waals surface area contributed by atoms with Gasteiger partial charge in [-0.15, -0.1) is 0 Å². The first-order valence-corrected chi connectivity index (χ1v) is 9.05. The predicted molar refractivity (Wildman–Crippen MR) is 104 cm³/mol. The Balaban J connectivity index is 1.52. The number of nitrogens with zero attached hydrogens (tertiary/aromatic N) is 1. The van der Waals surface area contributed by atoms with Gasteiger partial charge >= 0.3 is 0 Å². The number of nitrogens with one attached hydrogen (secondary N) is 1. The molecule has 1 amide bonds. The van der Waals surface area contributed by atoms with Crippen molar-refractivity contribution in [3.63, 3.8) is 0 Å². The summed E-state index contributed by atoms with van der Waals surface area (Å²) < 4.78 is 5.73. The maximum absolute atomic E-state index is 12.2. The van der Waals surface area contributed by atoms with Crippen molar-refractivity contribution in [3.05, 3.63) is 72.2 Å². The Hall–Kier alpha value is -2.88. The van der Waals surface area contributed by atoms with Crippen LogP contribution in [0.25, 0.3) is 11.3 Å². The van der Waals surface area contributed by atoms with Crippen LogP contribution in [-0.2, 0) is 11.2 Å². The summed E-state index contributed by atoms with van der Waals surface area (Å²) in [6, 6.07) is 17.9. The van der Waals surface area contributed by atoms with E-state index < -0.39 is 0 Å². The molecule has 0 spiro atoms. The van der Waals surface area contributed by atoms with Crippen LogP contribution < -0.4 is 5.32 Å². The molecule has 1 aromatic heterocycles. The molecule has 0 aliphatic carbocycles. The maximum Gasteiger partial charge on any atom is 0.224 e. The van der Waals surface area contributed by atoms with Gasteiger partial charge in [0, 0.05) is 24.1 Å². The van der Waals surface area contributed by atoms with Gasteiger partial charge in [0.15, 0.2) is 11.7 Å². The molecule has 0 radical (unpaired) electrons. The number of aryl methyl sites for hydroxylation is 1. The lowest BCUT2D eigenvalue weighted by molar-refractivity contribution is -0.116. The molecule has 0 bridgehead atoms. The van der Waals surface area contributed by atoms with E-state index in [0.29, 0.717) is 24.7 Å². The quantitative estimate of drug-likeness (QED) is 0.620. The number of benzene rings is 2. The van der Waals surface area contributed by atoms with E-state index in [4.69, 9.17) is 4.42 Å². The van der Waals surface area contributed by atoms with Crippen LogP contribution in [0.1, 0.15) is 44.1 Å². The van der Waals surface area contributed by atoms with Gasteiger partial charge in [0.05, 0.1) is 6.20 Å². The average molecular weight is 348 g/mol. The second-order valence-electron chi connectivity index (χ2n) is 6.46. The number of carbonyl (C=O) groups excluding carboxylic acids is 1. The van der Waals surface area contributed by atoms with E-state index in [-0.39, 0.29) is 5.91 Å². The number of anilines is 1. The van der Waals surface area contributed by atoms with Crippen LogP contribution in [0.2, 0.25) is 0 Å². The molecule has 0 saturated heterocycles. The molecule has 0 aliphatic rings. The number of rotatable bonds is 7. The van der Waals surface area contributed by atoms with E-state index in [0.717, 1.165) is 23.4 Å². The zero-order chi connectivity index (χ0) is 18.4. The number of aromatic nitrogens is 1. The summed E-state index contributed by atoms with van der Waals surface area (Å²) in [5, 5.41) is 2.93. The zero-order valence-corrected chi connectivity index (χ0v) is 15.2. The van der Waals surface area contributed by atoms with Crippen molar-refractivity contribution >= 4 is 11.6 Å². The smallest absolute Gasteiger partial charge is 0.224 e. The van der Waals surface area contributed by atoms with Crippen LogP contribution in [0.5, 0.6) is 0 Å². The monoisotopic (exact) mass is 348 g/mol. The summed E-state index contributed by atoms with van der Waals surface area (Å²) in [5.74, 6) is 1.79. The molecule has 26 heavy (non-hydrogen) atoms. The third-order valence-electron chi connectivity index (χ3n) is 4.55. The van der Waals surface area contributed by atoms with Gasteiger partial charge in [-0.1, -0.05) is 56.3 Å². The van der Waals surface area contributed by atoms with Crippen molar-refractivity contribution in [1.29, 1.82) is 0 Å². The van der Waals surface area contributed by atoms with E-state index in [2.05, 4.69) is 36.3 Å². The third kappa shape index (κ3) is 4.60. The van der Waals surface area contributed by atoms with Crippen LogP contribution in [0.3, 0.4) is 0 Å². The Morgan fingerprint density at radius 3 is 2.54 bits per heavy atom. The summed E-state index contributed by atoms with van der Waals surface area (Å²) in [6.07, 6.45) is 3.62. The molecule has 1 atom stereocenters. The zero-order valence-electron chi connectivity index (χ0n) is 15.2. The first kappa shape index (κ1) is 17.9. The highest BCUT2D eigenvalue weighted by Crippen LogP contribution is 2.22. The minimum atomic E-state index is -0.0410. The summed E-state index contributed by atoms with van der Waals surface area (Å²) in [7, 11) is 0. The molecule has 134 valence electrons. The van der Waals surface area contributed by atoms with E-state index in [1.807, 2.05) is 42.5 Å². The van der Waals surface area contributed by atoms with Gasteiger partial charge < -0.3 is 9.73 Å². The first-order valence-electron chi connectivity index (χ1n) is 9.05. The Bertz CT molecular complexity index is 838. The molecule has 0 unspecified atom stereocenters. The molecule has 1 N–H and O–H groups in total. The summed E-state index contributed by atoms with van der Waals surface area (Å²) >= 11 is 0. The Kier molecular flexibility index (Phi) is 5.84. The maximum atomic E-state index is 12.2.